The second-order valence-corrected chi connectivity index (χ2v) is 4.10. The van der Waals surface area contributed by atoms with Gasteiger partial charge in [0.2, 0.25) is 0 Å². The molecular formula is C12H15NO. The molecule has 0 aliphatic heterocycles. The van der Waals surface area contributed by atoms with Crippen molar-refractivity contribution < 1.29 is 4.52 Å². The zero-order valence-corrected chi connectivity index (χ0v) is 8.82. The minimum absolute atomic E-state index is 0.419. The molecule has 2 heteroatoms. The van der Waals surface area contributed by atoms with Gasteiger partial charge in [0.05, 0.1) is 0 Å². The average Bonchev–Trinajstić information content (AvgIpc) is 2.60. The summed E-state index contributed by atoms with van der Waals surface area (Å²) in [4.78, 5) is 0. The molecular weight excluding hydrogens is 174 g/mol. The number of nitrogens with zero attached hydrogens (tertiary/aromatic N) is 1. The third kappa shape index (κ3) is 1.41. The normalized spacial score (nSPS) is 13.7. The van der Waals surface area contributed by atoms with Gasteiger partial charge >= 0.3 is 0 Å². The predicted molar refractivity (Wildman–Crippen MR) is 57.3 cm³/mol. The summed E-state index contributed by atoms with van der Waals surface area (Å²) < 4.78 is 5.39. The molecule has 0 aliphatic carbocycles. The predicted octanol–water partition coefficient (Wildman–Crippen LogP) is 3.59. The van der Waals surface area contributed by atoms with Crippen molar-refractivity contribution in [2.24, 2.45) is 5.92 Å². The fourth-order valence-corrected chi connectivity index (χ4v) is 1.54. The second kappa shape index (κ2) is 3.45. The minimum Gasteiger partial charge on any atom is -0.360 e. The Bertz CT molecular complexity index is 431. The van der Waals surface area contributed by atoms with Crippen molar-refractivity contribution in [3.05, 3.63) is 30.0 Å². The Morgan fingerprint density at radius 1 is 1.14 bits per heavy atom. The van der Waals surface area contributed by atoms with Gasteiger partial charge in [-0.2, -0.15) is 0 Å². The Hall–Kier alpha value is -1.31. The second-order valence-electron chi connectivity index (χ2n) is 4.10. The Morgan fingerprint density at radius 2 is 1.86 bits per heavy atom. The van der Waals surface area contributed by atoms with Gasteiger partial charge < -0.3 is 4.52 Å². The number of hydrogen-bond donors (Lipinski definition) is 0. The molecule has 0 fully saturated rings. The molecule has 1 heterocycles. The molecule has 1 aromatic carbocycles. The molecule has 0 saturated carbocycles. The van der Waals surface area contributed by atoms with Gasteiger partial charge in [-0.1, -0.05) is 38.1 Å². The fraction of sp³-hybridized carbons (Fsp3) is 0.417. The lowest BCUT2D eigenvalue weighted by atomic mass is 9.93. The highest BCUT2D eigenvalue weighted by Crippen LogP contribution is 2.29. The molecule has 1 atom stereocenters. The molecule has 2 nitrogen and oxygen atoms in total. The molecule has 0 saturated heterocycles. The quantitative estimate of drug-likeness (QED) is 0.721. The molecule has 0 aliphatic rings. The number of hydrogen-bond acceptors (Lipinski definition) is 2. The number of fused-ring (bicyclic) bond motifs is 1. The first-order valence-electron chi connectivity index (χ1n) is 5.04. The van der Waals surface area contributed by atoms with E-state index >= 15 is 0 Å². The summed E-state index contributed by atoms with van der Waals surface area (Å²) >= 11 is 0. The summed E-state index contributed by atoms with van der Waals surface area (Å²) in [5, 5.41) is 5.19. The number of rotatable bonds is 2. The average molecular weight is 189 g/mol. The van der Waals surface area contributed by atoms with Crippen LogP contribution in [0, 0.1) is 5.92 Å². The molecule has 2 aromatic rings. The van der Waals surface area contributed by atoms with E-state index in [9.17, 15) is 0 Å². The van der Waals surface area contributed by atoms with Gasteiger partial charge in [0.15, 0.2) is 0 Å². The van der Waals surface area contributed by atoms with Crippen LogP contribution >= 0.6 is 0 Å². The smallest absolute Gasteiger partial charge is 0.147 e. The van der Waals surface area contributed by atoms with Crippen LogP contribution in [-0.4, -0.2) is 5.16 Å². The third-order valence-corrected chi connectivity index (χ3v) is 2.83. The van der Waals surface area contributed by atoms with Crippen LogP contribution in [0.25, 0.3) is 10.9 Å². The molecule has 0 amide bonds. The molecule has 0 spiro atoms. The van der Waals surface area contributed by atoms with Crippen molar-refractivity contribution in [2.75, 3.05) is 0 Å². The van der Waals surface area contributed by atoms with Gasteiger partial charge in [0.25, 0.3) is 0 Å². The van der Waals surface area contributed by atoms with E-state index in [1.54, 1.807) is 0 Å². The lowest BCUT2D eigenvalue weighted by Crippen LogP contribution is -2.00. The van der Waals surface area contributed by atoms with Crippen LogP contribution in [0.3, 0.4) is 0 Å². The van der Waals surface area contributed by atoms with E-state index in [2.05, 4.69) is 32.0 Å². The minimum atomic E-state index is 0.419. The Kier molecular flexibility index (Phi) is 2.28. The molecule has 0 N–H and O–H groups in total. The first kappa shape index (κ1) is 9.25. The highest BCUT2D eigenvalue weighted by Gasteiger charge is 2.17. The SMILES string of the molecule is CC(C)C(C)c1onc2ccccc12. The lowest BCUT2D eigenvalue weighted by molar-refractivity contribution is 0.345. The van der Waals surface area contributed by atoms with Crippen LogP contribution in [0.4, 0.5) is 0 Å². The van der Waals surface area contributed by atoms with Crippen molar-refractivity contribution in [2.45, 2.75) is 26.7 Å². The fourth-order valence-electron chi connectivity index (χ4n) is 1.54. The lowest BCUT2D eigenvalue weighted by Gasteiger charge is -2.11. The number of aromatic nitrogens is 1. The van der Waals surface area contributed by atoms with E-state index < -0.39 is 0 Å². The van der Waals surface area contributed by atoms with Gasteiger partial charge in [0.1, 0.15) is 11.3 Å². The maximum absolute atomic E-state index is 5.39. The van der Waals surface area contributed by atoms with E-state index in [-0.39, 0.29) is 0 Å². The van der Waals surface area contributed by atoms with E-state index in [1.165, 1.54) is 0 Å². The molecule has 74 valence electrons. The van der Waals surface area contributed by atoms with Crippen LogP contribution < -0.4 is 0 Å². The maximum atomic E-state index is 5.39. The van der Waals surface area contributed by atoms with Gasteiger partial charge in [-0.05, 0) is 18.1 Å². The van der Waals surface area contributed by atoms with Gasteiger partial charge in [-0.15, -0.1) is 0 Å². The van der Waals surface area contributed by atoms with Gasteiger partial charge in [-0.3, -0.25) is 0 Å². The zero-order chi connectivity index (χ0) is 10.1. The molecule has 14 heavy (non-hydrogen) atoms. The van der Waals surface area contributed by atoms with Crippen molar-refractivity contribution in [1.82, 2.24) is 5.16 Å². The summed E-state index contributed by atoms with van der Waals surface area (Å²) in [5.74, 6) is 2.00. The van der Waals surface area contributed by atoms with Crippen LogP contribution in [-0.2, 0) is 0 Å². The standard InChI is InChI=1S/C12H15NO/c1-8(2)9(3)12-10-6-4-5-7-11(10)13-14-12/h4-9H,1-3H3. The maximum Gasteiger partial charge on any atom is 0.147 e. The summed E-state index contributed by atoms with van der Waals surface area (Å²) in [6, 6.07) is 8.06. The van der Waals surface area contributed by atoms with E-state index in [4.69, 9.17) is 4.52 Å². The van der Waals surface area contributed by atoms with Crippen molar-refractivity contribution in [3.63, 3.8) is 0 Å². The van der Waals surface area contributed by atoms with Crippen molar-refractivity contribution >= 4 is 10.9 Å². The molecule has 0 radical (unpaired) electrons. The monoisotopic (exact) mass is 189 g/mol. The highest BCUT2D eigenvalue weighted by molar-refractivity contribution is 5.80. The summed E-state index contributed by atoms with van der Waals surface area (Å²) in [7, 11) is 0. The molecule has 1 aromatic heterocycles. The molecule has 1 unspecified atom stereocenters. The van der Waals surface area contributed by atoms with Crippen LogP contribution in [0.2, 0.25) is 0 Å². The first-order valence-corrected chi connectivity index (χ1v) is 5.04. The third-order valence-electron chi connectivity index (χ3n) is 2.83. The van der Waals surface area contributed by atoms with E-state index in [0.717, 1.165) is 16.7 Å². The van der Waals surface area contributed by atoms with Crippen molar-refractivity contribution in [1.29, 1.82) is 0 Å². The summed E-state index contributed by atoms with van der Waals surface area (Å²) in [5.41, 5.74) is 0.954. The van der Waals surface area contributed by atoms with Crippen LogP contribution in [0.5, 0.6) is 0 Å². The largest absolute Gasteiger partial charge is 0.360 e. The highest BCUT2D eigenvalue weighted by atomic mass is 16.5. The molecule has 2 rings (SSSR count). The topological polar surface area (TPSA) is 26.0 Å². The van der Waals surface area contributed by atoms with Gasteiger partial charge in [-0.25, -0.2) is 0 Å². The first-order chi connectivity index (χ1) is 6.70. The van der Waals surface area contributed by atoms with E-state index in [0.29, 0.717) is 11.8 Å². The summed E-state index contributed by atoms with van der Waals surface area (Å²) in [6.45, 7) is 6.57. The Morgan fingerprint density at radius 3 is 2.57 bits per heavy atom. The van der Waals surface area contributed by atoms with Crippen molar-refractivity contribution in [3.8, 4) is 0 Å². The molecule has 0 bridgehead atoms. The summed E-state index contributed by atoms with van der Waals surface area (Å²) in [6.07, 6.45) is 0. The Balaban J connectivity index is 2.53. The van der Waals surface area contributed by atoms with Crippen LogP contribution in [0.15, 0.2) is 28.8 Å². The van der Waals surface area contributed by atoms with Gasteiger partial charge in [0, 0.05) is 11.3 Å². The number of benzene rings is 1. The zero-order valence-electron chi connectivity index (χ0n) is 8.82. The van der Waals surface area contributed by atoms with E-state index in [1.807, 2.05) is 18.2 Å². The Labute approximate surface area is 83.9 Å². The van der Waals surface area contributed by atoms with Crippen LogP contribution in [0.1, 0.15) is 32.4 Å².